The predicted octanol–water partition coefficient (Wildman–Crippen LogP) is 5.09. The molecule has 0 fully saturated rings. The number of anilines is 1. The largest absolute Gasteiger partial charge is 0.454 e. The maximum atomic E-state index is 8.07. The third-order valence-electron chi connectivity index (χ3n) is 4.35. The molecule has 8 heteroatoms. The van der Waals surface area contributed by atoms with Crippen LogP contribution in [0.1, 0.15) is 16.0 Å². The fourth-order valence-corrected chi connectivity index (χ4v) is 3.53. The average molecular weight is 452 g/mol. The zero-order valence-corrected chi connectivity index (χ0v) is 18.1. The van der Waals surface area contributed by atoms with Crippen LogP contribution in [0.25, 0.3) is 0 Å². The summed E-state index contributed by atoms with van der Waals surface area (Å²) in [6, 6.07) is 18.2. The molecule has 0 unspecified atom stereocenters. The highest BCUT2D eigenvalue weighted by molar-refractivity contribution is 7.12. The highest BCUT2D eigenvalue weighted by Gasteiger charge is 2.12. The number of benzene rings is 2. The van der Waals surface area contributed by atoms with Crippen molar-refractivity contribution in [2.24, 2.45) is 0 Å². The Kier molecular flexibility index (Phi) is 8.79. The van der Waals surface area contributed by atoms with Gasteiger partial charge in [0.05, 0.1) is 4.88 Å². The van der Waals surface area contributed by atoms with Gasteiger partial charge < -0.3 is 20.1 Å². The van der Waals surface area contributed by atoms with Crippen molar-refractivity contribution >= 4 is 47.7 Å². The Balaban J connectivity index is 0.00000150. The molecule has 5 nitrogen and oxygen atoms in total. The quantitative estimate of drug-likeness (QED) is 0.265. The summed E-state index contributed by atoms with van der Waals surface area (Å²) < 4.78 is 10.7. The number of rotatable bonds is 7. The number of nitrogens with one attached hydrogen (secondary N) is 3. The van der Waals surface area contributed by atoms with Crippen molar-refractivity contribution in [3.8, 4) is 11.5 Å². The van der Waals surface area contributed by atoms with Crippen LogP contribution in [-0.2, 0) is 13.0 Å². The number of fused-ring (bicyclic) bond motifs is 1. The molecule has 0 aliphatic carbocycles. The van der Waals surface area contributed by atoms with Crippen LogP contribution >= 0.6 is 36.2 Å². The number of hydrogen-bond donors (Lipinski definition) is 3. The molecule has 3 aromatic rings. The normalized spacial score (nSPS) is 11.3. The maximum Gasteiger partial charge on any atom is 0.231 e. The topological polar surface area (TPSA) is 66.4 Å². The lowest BCUT2D eigenvalue weighted by molar-refractivity contribution is 0.174. The fraction of sp³-hybridized carbons (Fsp3) is 0.190. The van der Waals surface area contributed by atoms with Crippen molar-refractivity contribution in [1.29, 1.82) is 5.41 Å². The van der Waals surface area contributed by atoms with Crippen LogP contribution in [-0.4, -0.2) is 19.2 Å². The van der Waals surface area contributed by atoms with Crippen molar-refractivity contribution in [3.63, 3.8) is 0 Å². The van der Waals surface area contributed by atoms with Crippen molar-refractivity contribution in [2.45, 2.75) is 13.0 Å². The van der Waals surface area contributed by atoms with Gasteiger partial charge in [0.15, 0.2) is 11.5 Å². The lowest BCUT2D eigenvalue weighted by atomic mass is 10.1. The van der Waals surface area contributed by atoms with Crippen LogP contribution in [0.4, 0.5) is 5.69 Å². The minimum absolute atomic E-state index is 0. The average Bonchev–Trinajstić information content (AvgIpc) is 3.38. The van der Waals surface area contributed by atoms with E-state index in [1.807, 2.05) is 41.8 Å². The first-order chi connectivity index (χ1) is 13.3. The second-order valence-corrected chi connectivity index (χ2v) is 7.24. The standard InChI is InChI=1S/C21H21N3O2S.2ClH/c22-21(20-2-1-11-27-20)24-17-6-3-15(4-7-17)9-10-23-13-16-5-8-18-19(12-16)26-14-25-18;;/h1-8,11-12,23H,9-10,13-14H2,(H2,22,24);2*1H. The molecule has 2 heterocycles. The summed E-state index contributed by atoms with van der Waals surface area (Å²) in [4.78, 5) is 0.937. The van der Waals surface area contributed by atoms with E-state index < -0.39 is 0 Å². The summed E-state index contributed by atoms with van der Waals surface area (Å²) in [5, 5.41) is 16.6. The Morgan fingerprint density at radius 2 is 1.72 bits per heavy atom. The van der Waals surface area contributed by atoms with Crippen LogP contribution < -0.4 is 20.1 Å². The van der Waals surface area contributed by atoms with Gasteiger partial charge in [0.2, 0.25) is 6.79 Å². The molecular weight excluding hydrogens is 429 g/mol. The summed E-state index contributed by atoms with van der Waals surface area (Å²) >= 11 is 1.56. The molecular formula is C21H23Cl2N3O2S. The first kappa shape index (κ1) is 23.0. The van der Waals surface area contributed by atoms with Crippen LogP contribution in [0, 0.1) is 5.41 Å². The number of hydrogen-bond acceptors (Lipinski definition) is 5. The van der Waals surface area contributed by atoms with E-state index in [1.165, 1.54) is 11.1 Å². The molecule has 0 saturated heterocycles. The van der Waals surface area contributed by atoms with Crippen molar-refractivity contribution < 1.29 is 9.47 Å². The molecule has 4 rings (SSSR count). The Hall–Kier alpha value is -2.25. The molecule has 1 aromatic heterocycles. The predicted molar refractivity (Wildman–Crippen MR) is 124 cm³/mol. The SMILES string of the molecule is Cl.Cl.N=C(Nc1ccc(CCNCc2ccc3c(c2)OCO3)cc1)c1cccs1. The first-order valence-electron chi connectivity index (χ1n) is 8.85. The molecule has 0 radical (unpaired) electrons. The van der Waals surface area contributed by atoms with Gasteiger partial charge in [-0.3, -0.25) is 5.41 Å². The maximum absolute atomic E-state index is 8.07. The second-order valence-electron chi connectivity index (χ2n) is 6.29. The van der Waals surface area contributed by atoms with E-state index in [2.05, 4.69) is 28.8 Å². The van der Waals surface area contributed by atoms with Crippen molar-refractivity contribution in [1.82, 2.24) is 5.32 Å². The first-order valence-corrected chi connectivity index (χ1v) is 9.73. The van der Waals surface area contributed by atoms with Gasteiger partial charge in [-0.1, -0.05) is 24.3 Å². The molecule has 0 atom stereocenters. The summed E-state index contributed by atoms with van der Waals surface area (Å²) in [6.07, 6.45) is 0.952. The lowest BCUT2D eigenvalue weighted by Crippen LogP contribution is -2.16. The number of ether oxygens (including phenoxy) is 2. The van der Waals surface area contributed by atoms with Gasteiger partial charge in [0, 0.05) is 12.2 Å². The van der Waals surface area contributed by atoms with Gasteiger partial charge in [-0.25, -0.2) is 0 Å². The van der Waals surface area contributed by atoms with Gasteiger partial charge >= 0.3 is 0 Å². The fourth-order valence-electron chi connectivity index (χ4n) is 2.90. The molecule has 154 valence electrons. The Morgan fingerprint density at radius 3 is 2.48 bits per heavy atom. The monoisotopic (exact) mass is 451 g/mol. The van der Waals surface area contributed by atoms with E-state index in [9.17, 15) is 0 Å². The smallest absolute Gasteiger partial charge is 0.231 e. The highest BCUT2D eigenvalue weighted by atomic mass is 35.5. The molecule has 1 aliphatic heterocycles. The van der Waals surface area contributed by atoms with Crippen LogP contribution in [0.15, 0.2) is 60.0 Å². The van der Waals surface area contributed by atoms with Crippen molar-refractivity contribution in [3.05, 3.63) is 76.0 Å². The van der Waals surface area contributed by atoms with Crippen molar-refractivity contribution in [2.75, 3.05) is 18.7 Å². The Morgan fingerprint density at radius 1 is 0.966 bits per heavy atom. The van der Waals surface area contributed by atoms with Crippen LogP contribution in [0.3, 0.4) is 0 Å². The van der Waals surface area contributed by atoms with Gasteiger partial charge in [0.25, 0.3) is 0 Å². The molecule has 0 bridgehead atoms. The Bertz CT molecular complexity index is 918. The Labute approximate surface area is 186 Å². The minimum Gasteiger partial charge on any atom is -0.454 e. The molecule has 2 aromatic carbocycles. The van der Waals surface area contributed by atoms with E-state index in [1.54, 1.807) is 11.3 Å². The zero-order valence-electron chi connectivity index (χ0n) is 15.6. The minimum atomic E-state index is 0. The van der Waals surface area contributed by atoms with Gasteiger partial charge in [0.1, 0.15) is 5.84 Å². The molecule has 0 saturated carbocycles. The van der Waals surface area contributed by atoms with E-state index >= 15 is 0 Å². The number of halogens is 2. The van der Waals surface area contributed by atoms with E-state index in [4.69, 9.17) is 14.9 Å². The number of thiophene rings is 1. The summed E-state index contributed by atoms with van der Waals surface area (Å²) in [5.74, 6) is 2.08. The van der Waals surface area contributed by atoms with E-state index in [0.717, 1.165) is 41.6 Å². The van der Waals surface area contributed by atoms with Crippen LogP contribution in [0.5, 0.6) is 11.5 Å². The summed E-state index contributed by atoms with van der Waals surface area (Å²) in [7, 11) is 0. The molecule has 3 N–H and O–H groups in total. The second kappa shape index (κ2) is 11.1. The highest BCUT2D eigenvalue weighted by Crippen LogP contribution is 2.32. The number of amidine groups is 1. The molecule has 0 amide bonds. The molecule has 1 aliphatic rings. The third kappa shape index (κ3) is 6.11. The van der Waals surface area contributed by atoms with Gasteiger partial charge in [-0.05, 0) is 59.8 Å². The third-order valence-corrected chi connectivity index (χ3v) is 5.23. The zero-order chi connectivity index (χ0) is 18.5. The summed E-state index contributed by atoms with van der Waals surface area (Å²) in [6.45, 7) is 2.00. The van der Waals surface area contributed by atoms with Gasteiger partial charge in [-0.15, -0.1) is 36.2 Å². The van der Waals surface area contributed by atoms with E-state index in [-0.39, 0.29) is 24.8 Å². The van der Waals surface area contributed by atoms with Crippen LogP contribution in [0.2, 0.25) is 0 Å². The molecule has 29 heavy (non-hydrogen) atoms. The molecule has 0 spiro atoms. The lowest BCUT2D eigenvalue weighted by Gasteiger charge is -2.09. The van der Waals surface area contributed by atoms with E-state index in [0.29, 0.717) is 12.6 Å². The van der Waals surface area contributed by atoms with Gasteiger partial charge in [-0.2, -0.15) is 0 Å². The summed E-state index contributed by atoms with van der Waals surface area (Å²) in [5.41, 5.74) is 3.39.